The summed E-state index contributed by atoms with van der Waals surface area (Å²) in [6.45, 7) is 0. The molecule has 6 aromatic rings. The van der Waals surface area contributed by atoms with Crippen molar-refractivity contribution < 1.29 is 8.81 Å². The van der Waals surface area contributed by atoms with Crippen LogP contribution in [0.2, 0.25) is 0 Å². The van der Waals surface area contributed by atoms with Crippen LogP contribution in [-0.4, -0.2) is 15.0 Å². The minimum absolute atomic E-state index is 0.299. The zero-order chi connectivity index (χ0) is 21.5. The molecule has 0 amide bonds. The predicted octanol–water partition coefficient (Wildman–Crippen LogP) is 6.91. The first kappa shape index (κ1) is 18.4. The van der Waals surface area contributed by atoms with Gasteiger partial charge in [0.15, 0.2) is 17.5 Å². The maximum atomic E-state index is 14.4. The van der Waals surface area contributed by atoms with Gasteiger partial charge in [-0.1, -0.05) is 72.8 Å². The number of nitrogens with zero attached hydrogens (tertiary/aromatic N) is 3. The third-order valence-corrected chi connectivity index (χ3v) is 5.40. The molecule has 0 bridgehead atoms. The fourth-order valence-electron chi connectivity index (χ4n) is 3.86. The molecule has 0 saturated heterocycles. The largest absolute Gasteiger partial charge is 0.456 e. The van der Waals surface area contributed by atoms with Crippen LogP contribution in [0.15, 0.2) is 101 Å². The number of hydrogen-bond acceptors (Lipinski definition) is 4. The summed E-state index contributed by atoms with van der Waals surface area (Å²) in [6, 6.07) is 30.1. The van der Waals surface area contributed by atoms with Crippen LogP contribution in [0.3, 0.4) is 0 Å². The van der Waals surface area contributed by atoms with Gasteiger partial charge in [0, 0.05) is 22.1 Å². The topological polar surface area (TPSA) is 51.8 Å². The summed E-state index contributed by atoms with van der Waals surface area (Å²) in [5.74, 6) is 1.41. The van der Waals surface area contributed by atoms with Crippen LogP contribution in [0.1, 0.15) is 0 Å². The molecule has 0 aliphatic rings. The molecule has 4 aromatic carbocycles. The highest BCUT2D eigenvalue weighted by Crippen LogP contribution is 2.33. The summed E-state index contributed by atoms with van der Waals surface area (Å²) in [5.41, 5.74) is 3.68. The molecule has 0 fully saturated rings. The van der Waals surface area contributed by atoms with Crippen molar-refractivity contribution in [1.29, 1.82) is 0 Å². The van der Waals surface area contributed by atoms with Gasteiger partial charge in [-0.05, 0) is 24.3 Å². The van der Waals surface area contributed by atoms with Crippen LogP contribution in [0.5, 0.6) is 0 Å². The first-order valence-electron chi connectivity index (χ1n) is 10.2. The van der Waals surface area contributed by atoms with Gasteiger partial charge in [0.1, 0.15) is 17.0 Å². The Labute approximate surface area is 183 Å². The van der Waals surface area contributed by atoms with Crippen molar-refractivity contribution in [2.45, 2.75) is 0 Å². The Morgan fingerprint density at radius 1 is 0.531 bits per heavy atom. The van der Waals surface area contributed by atoms with Crippen LogP contribution >= 0.6 is 0 Å². The SMILES string of the molecule is Fc1cccc2oc3cc(-c4nc(-c5ccccc5)nc(-c5ccccc5)n4)ccc3c12. The zero-order valence-corrected chi connectivity index (χ0v) is 16.9. The Balaban J connectivity index is 1.56. The van der Waals surface area contributed by atoms with Crippen LogP contribution in [0.4, 0.5) is 4.39 Å². The van der Waals surface area contributed by atoms with E-state index in [1.807, 2.05) is 78.9 Å². The van der Waals surface area contributed by atoms with Crippen molar-refractivity contribution in [2.75, 3.05) is 0 Å². The third kappa shape index (κ3) is 3.11. The summed E-state index contributed by atoms with van der Waals surface area (Å²) in [5, 5.41) is 1.21. The van der Waals surface area contributed by atoms with Gasteiger partial charge in [0.05, 0.1) is 5.39 Å². The number of halogens is 1. The lowest BCUT2D eigenvalue weighted by Gasteiger charge is -2.08. The summed E-state index contributed by atoms with van der Waals surface area (Å²) in [7, 11) is 0. The van der Waals surface area contributed by atoms with Gasteiger partial charge in [0.25, 0.3) is 0 Å². The van der Waals surface area contributed by atoms with Crippen molar-refractivity contribution >= 4 is 21.9 Å². The highest BCUT2D eigenvalue weighted by Gasteiger charge is 2.15. The fraction of sp³-hybridized carbons (Fsp3) is 0. The lowest BCUT2D eigenvalue weighted by Crippen LogP contribution is -2.00. The Morgan fingerprint density at radius 3 is 1.75 bits per heavy atom. The number of aromatic nitrogens is 3. The third-order valence-electron chi connectivity index (χ3n) is 5.40. The van der Waals surface area contributed by atoms with Crippen molar-refractivity contribution in [1.82, 2.24) is 15.0 Å². The zero-order valence-electron chi connectivity index (χ0n) is 16.9. The maximum absolute atomic E-state index is 14.4. The Bertz CT molecular complexity index is 1520. The van der Waals surface area contributed by atoms with Gasteiger partial charge in [-0.2, -0.15) is 0 Å². The Kier molecular flexibility index (Phi) is 4.25. The molecule has 4 nitrogen and oxygen atoms in total. The highest BCUT2D eigenvalue weighted by atomic mass is 19.1. The molecule has 32 heavy (non-hydrogen) atoms. The predicted molar refractivity (Wildman–Crippen MR) is 123 cm³/mol. The van der Waals surface area contributed by atoms with Gasteiger partial charge in [-0.15, -0.1) is 0 Å². The highest BCUT2D eigenvalue weighted by molar-refractivity contribution is 6.06. The molecular weight excluding hydrogens is 401 g/mol. The van der Waals surface area contributed by atoms with Gasteiger partial charge in [-0.3, -0.25) is 0 Å². The van der Waals surface area contributed by atoms with Crippen molar-refractivity contribution in [3.05, 3.63) is 103 Å². The van der Waals surface area contributed by atoms with Crippen molar-refractivity contribution in [2.24, 2.45) is 0 Å². The molecule has 0 N–H and O–H groups in total. The molecule has 5 heteroatoms. The molecule has 0 spiro atoms. The second kappa shape index (κ2) is 7.39. The molecule has 6 rings (SSSR count). The summed E-state index contributed by atoms with van der Waals surface area (Å²) >= 11 is 0. The Morgan fingerprint density at radius 2 is 1.12 bits per heavy atom. The van der Waals surface area contributed by atoms with E-state index < -0.39 is 0 Å². The first-order chi connectivity index (χ1) is 15.8. The minimum atomic E-state index is -0.299. The van der Waals surface area contributed by atoms with E-state index in [0.717, 1.165) is 22.1 Å². The quantitative estimate of drug-likeness (QED) is 0.314. The molecule has 0 aliphatic carbocycles. The lowest BCUT2D eigenvalue weighted by molar-refractivity contribution is 0.634. The van der Waals surface area contributed by atoms with E-state index in [1.54, 1.807) is 12.1 Å². The van der Waals surface area contributed by atoms with Crippen molar-refractivity contribution in [3.8, 4) is 34.2 Å². The monoisotopic (exact) mass is 417 g/mol. The summed E-state index contributed by atoms with van der Waals surface area (Å²) in [6.07, 6.45) is 0. The normalized spacial score (nSPS) is 11.3. The van der Waals surface area contributed by atoms with Gasteiger partial charge < -0.3 is 4.42 Å². The second-order valence-electron chi connectivity index (χ2n) is 7.46. The second-order valence-corrected chi connectivity index (χ2v) is 7.46. The smallest absolute Gasteiger partial charge is 0.164 e. The average molecular weight is 417 g/mol. The summed E-state index contributed by atoms with van der Waals surface area (Å²) < 4.78 is 20.3. The molecule has 152 valence electrons. The van der Waals surface area contributed by atoms with E-state index in [9.17, 15) is 4.39 Å². The first-order valence-corrected chi connectivity index (χ1v) is 10.2. The van der Waals surface area contributed by atoms with Gasteiger partial charge in [-0.25, -0.2) is 19.3 Å². The number of hydrogen-bond donors (Lipinski definition) is 0. The molecule has 0 radical (unpaired) electrons. The minimum Gasteiger partial charge on any atom is -0.456 e. The van der Waals surface area contributed by atoms with Crippen molar-refractivity contribution in [3.63, 3.8) is 0 Å². The van der Waals surface area contributed by atoms with Crippen LogP contribution in [0.25, 0.3) is 56.1 Å². The standard InChI is InChI=1S/C27H16FN3O/c28-21-12-7-13-22-24(21)20-15-14-19(16-23(20)32-22)27-30-25(17-8-3-1-4-9-17)29-26(31-27)18-10-5-2-6-11-18/h1-16H. The van der Waals surface area contributed by atoms with E-state index in [-0.39, 0.29) is 5.82 Å². The number of furan rings is 1. The van der Waals surface area contributed by atoms with E-state index in [4.69, 9.17) is 19.4 Å². The number of rotatable bonds is 3. The molecule has 0 unspecified atom stereocenters. The Hall–Kier alpha value is -4.38. The summed E-state index contributed by atoms with van der Waals surface area (Å²) in [4.78, 5) is 14.2. The van der Waals surface area contributed by atoms with E-state index in [1.165, 1.54) is 6.07 Å². The van der Waals surface area contributed by atoms with Gasteiger partial charge in [0.2, 0.25) is 0 Å². The molecule has 0 saturated carbocycles. The average Bonchev–Trinajstić information content (AvgIpc) is 3.24. The number of fused-ring (bicyclic) bond motifs is 3. The van der Waals surface area contributed by atoms with E-state index in [2.05, 4.69) is 0 Å². The molecule has 0 aliphatic heterocycles. The van der Waals surface area contributed by atoms with E-state index in [0.29, 0.717) is 34.0 Å². The number of benzene rings is 4. The van der Waals surface area contributed by atoms with E-state index >= 15 is 0 Å². The van der Waals surface area contributed by atoms with Crippen LogP contribution < -0.4 is 0 Å². The molecular formula is C27H16FN3O. The molecule has 0 atom stereocenters. The maximum Gasteiger partial charge on any atom is 0.164 e. The fourth-order valence-corrected chi connectivity index (χ4v) is 3.86. The molecule has 2 heterocycles. The van der Waals surface area contributed by atoms with Crippen LogP contribution in [0, 0.1) is 5.82 Å². The lowest BCUT2D eigenvalue weighted by atomic mass is 10.1. The molecule has 2 aromatic heterocycles. The van der Waals surface area contributed by atoms with Gasteiger partial charge >= 0.3 is 0 Å². The van der Waals surface area contributed by atoms with Crippen LogP contribution in [-0.2, 0) is 0 Å².